The maximum atomic E-state index is 12.1. The summed E-state index contributed by atoms with van der Waals surface area (Å²) in [6.07, 6.45) is 5.13. The molecule has 3 rings (SSSR count). The number of thiophene rings is 1. The van der Waals surface area contributed by atoms with Crippen LogP contribution >= 0.6 is 11.3 Å². The summed E-state index contributed by atoms with van der Waals surface area (Å²) < 4.78 is 5.53. The molecule has 1 fully saturated rings. The molecular formula is C15H19N3O2S. The lowest BCUT2D eigenvalue weighted by atomic mass is 10.2. The topological polar surface area (TPSA) is 77.2 Å². The molecule has 2 aromatic rings. The van der Waals surface area contributed by atoms with E-state index in [0.29, 0.717) is 23.7 Å². The molecule has 0 spiro atoms. The molecule has 0 aromatic carbocycles. The van der Waals surface area contributed by atoms with Gasteiger partial charge >= 0.3 is 0 Å². The Bertz CT molecular complexity index is 637. The quantitative estimate of drug-likeness (QED) is 0.770. The van der Waals surface area contributed by atoms with Crippen molar-refractivity contribution in [3.05, 3.63) is 23.2 Å². The van der Waals surface area contributed by atoms with Crippen molar-refractivity contribution in [3.8, 4) is 0 Å². The molecule has 6 heteroatoms. The minimum Gasteiger partial charge on any atom is -0.397 e. The van der Waals surface area contributed by atoms with Crippen LogP contribution in [0.1, 0.15) is 28.9 Å². The van der Waals surface area contributed by atoms with Crippen LogP contribution in [-0.2, 0) is 4.74 Å². The Morgan fingerprint density at radius 1 is 1.52 bits per heavy atom. The van der Waals surface area contributed by atoms with Gasteiger partial charge in [0.2, 0.25) is 0 Å². The zero-order valence-electron chi connectivity index (χ0n) is 11.8. The number of anilines is 1. The zero-order valence-corrected chi connectivity index (χ0v) is 12.6. The minimum atomic E-state index is -0.127. The van der Waals surface area contributed by atoms with Gasteiger partial charge in [-0.3, -0.25) is 4.79 Å². The summed E-state index contributed by atoms with van der Waals surface area (Å²) in [6.45, 7) is 2.16. The molecule has 1 aliphatic carbocycles. The molecule has 0 radical (unpaired) electrons. The van der Waals surface area contributed by atoms with E-state index in [1.807, 2.05) is 12.1 Å². The first-order valence-electron chi connectivity index (χ1n) is 7.24. The van der Waals surface area contributed by atoms with Crippen molar-refractivity contribution in [1.82, 2.24) is 10.3 Å². The van der Waals surface area contributed by atoms with Crippen LogP contribution in [0.2, 0.25) is 0 Å². The maximum Gasteiger partial charge on any atom is 0.263 e. The van der Waals surface area contributed by atoms with Gasteiger partial charge in [0, 0.05) is 31.3 Å². The Morgan fingerprint density at radius 3 is 3.14 bits per heavy atom. The fourth-order valence-corrected chi connectivity index (χ4v) is 3.09. The molecule has 3 N–H and O–H groups in total. The molecule has 21 heavy (non-hydrogen) atoms. The number of amides is 1. The number of nitrogens with two attached hydrogens (primary N) is 1. The number of pyridine rings is 1. The SMILES string of the molecule is Nc1c(C(=O)NCCCOCC2CC2)sc2ncccc12. The normalized spacial score (nSPS) is 14.5. The maximum absolute atomic E-state index is 12.1. The highest BCUT2D eigenvalue weighted by atomic mass is 32.1. The van der Waals surface area contributed by atoms with E-state index >= 15 is 0 Å². The molecule has 0 aliphatic heterocycles. The van der Waals surface area contributed by atoms with Gasteiger partial charge in [-0.15, -0.1) is 11.3 Å². The molecule has 1 aliphatic rings. The number of aromatic nitrogens is 1. The predicted octanol–water partition coefficient (Wildman–Crippen LogP) is 2.42. The highest BCUT2D eigenvalue weighted by Crippen LogP contribution is 2.31. The summed E-state index contributed by atoms with van der Waals surface area (Å²) in [5, 5.41) is 3.74. The van der Waals surface area contributed by atoms with Crippen molar-refractivity contribution < 1.29 is 9.53 Å². The van der Waals surface area contributed by atoms with Gasteiger partial charge in [-0.1, -0.05) is 0 Å². The van der Waals surface area contributed by atoms with E-state index in [1.165, 1.54) is 24.2 Å². The number of fused-ring (bicyclic) bond motifs is 1. The van der Waals surface area contributed by atoms with Gasteiger partial charge in [0.25, 0.3) is 5.91 Å². The van der Waals surface area contributed by atoms with Crippen LogP contribution in [0.3, 0.4) is 0 Å². The van der Waals surface area contributed by atoms with Gasteiger partial charge in [-0.2, -0.15) is 0 Å². The van der Waals surface area contributed by atoms with E-state index in [4.69, 9.17) is 10.5 Å². The summed E-state index contributed by atoms with van der Waals surface area (Å²) in [5.41, 5.74) is 6.54. The van der Waals surface area contributed by atoms with Gasteiger partial charge < -0.3 is 15.8 Å². The van der Waals surface area contributed by atoms with Crippen molar-refractivity contribution in [2.45, 2.75) is 19.3 Å². The molecule has 1 amide bonds. The molecule has 2 aromatic heterocycles. The fraction of sp³-hybridized carbons (Fsp3) is 0.467. The minimum absolute atomic E-state index is 0.127. The Morgan fingerprint density at radius 2 is 2.38 bits per heavy atom. The van der Waals surface area contributed by atoms with E-state index in [2.05, 4.69) is 10.3 Å². The fourth-order valence-electron chi connectivity index (χ4n) is 2.11. The number of carbonyl (C=O) groups is 1. The van der Waals surface area contributed by atoms with Crippen molar-refractivity contribution >= 4 is 33.1 Å². The van der Waals surface area contributed by atoms with Crippen LogP contribution in [0.25, 0.3) is 10.2 Å². The number of nitrogens with one attached hydrogen (secondary N) is 1. The number of hydrogen-bond acceptors (Lipinski definition) is 5. The molecule has 0 bridgehead atoms. The summed E-state index contributed by atoms with van der Waals surface area (Å²) in [7, 11) is 0. The van der Waals surface area contributed by atoms with Gasteiger partial charge in [-0.25, -0.2) is 4.98 Å². The van der Waals surface area contributed by atoms with E-state index < -0.39 is 0 Å². The molecule has 1 saturated carbocycles. The second kappa shape index (κ2) is 6.41. The Hall–Kier alpha value is -1.66. The predicted molar refractivity (Wildman–Crippen MR) is 84.5 cm³/mol. The first-order chi connectivity index (χ1) is 10.3. The first-order valence-corrected chi connectivity index (χ1v) is 8.06. The van der Waals surface area contributed by atoms with Gasteiger partial charge in [-0.05, 0) is 37.3 Å². The third-order valence-corrected chi connectivity index (χ3v) is 4.64. The summed E-state index contributed by atoms with van der Waals surface area (Å²) >= 11 is 1.33. The first kappa shape index (κ1) is 14.3. The number of hydrogen-bond donors (Lipinski definition) is 2. The zero-order chi connectivity index (χ0) is 14.7. The van der Waals surface area contributed by atoms with E-state index in [1.54, 1.807) is 6.20 Å². The van der Waals surface area contributed by atoms with Crippen molar-refractivity contribution in [2.75, 3.05) is 25.5 Å². The summed E-state index contributed by atoms with van der Waals surface area (Å²) in [4.78, 5) is 17.7. The van der Waals surface area contributed by atoms with Crippen molar-refractivity contribution in [1.29, 1.82) is 0 Å². The average Bonchev–Trinajstić information content (AvgIpc) is 3.26. The summed E-state index contributed by atoms with van der Waals surface area (Å²) in [6, 6.07) is 3.71. The van der Waals surface area contributed by atoms with Crippen LogP contribution in [0, 0.1) is 5.92 Å². The lowest BCUT2D eigenvalue weighted by Gasteiger charge is -2.05. The second-order valence-electron chi connectivity index (χ2n) is 5.33. The van der Waals surface area contributed by atoms with Crippen LogP contribution in [0.4, 0.5) is 5.69 Å². The van der Waals surface area contributed by atoms with Gasteiger partial charge in [0.15, 0.2) is 0 Å². The number of nitrogens with zero attached hydrogens (tertiary/aromatic N) is 1. The molecule has 5 nitrogen and oxygen atoms in total. The number of carbonyl (C=O) groups excluding carboxylic acids is 1. The van der Waals surface area contributed by atoms with Crippen LogP contribution in [0.15, 0.2) is 18.3 Å². The Balaban J connectivity index is 1.48. The lowest BCUT2D eigenvalue weighted by molar-refractivity contribution is 0.0942. The Labute approximate surface area is 127 Å². The third-order valence-electron chi connectivity index (χ3n) is 3.51. The number of ether oxygens (including phenoxy) is 1. The highest BCUT2D eigenvalue weighted by Gasteiger charge is 2.21. The van der Waals surface area contributed by atoms with Crippen molar-refractivity contribution in [2.24, 2.45) is 5.92 Å². The van der Waals surface area contributed by atoms with Crippen molar-refractivity contribution in [3.63, 3.8) is 0 Å². The number of rotatable bonds is 7. The third kappa shape index (κ3) is 3.51. The second-order valence-corrected chi connectivity index (χ2v) is 6.33. The summed E-state index contributed by atoms with van der Waals surface area (Å²) in [5.74, 6) is 0.656. The largest absolute Gasteiger partial charge is 0.397 e. The molecular weight excluding hydrogens is 286 g/mol. The average molecular weight is 305 g/mol. The smallest absolute Gasteiger partial charge is 0.263 e. The van der Waals surface area contributed by atoms with Crippen LogP contribution < -0.4 is 11.1 Å². The van der Waals surface area contributed by atoms with E-state index in [-0.39, 0.29) is 5.91 Å². The van der Waals surface area contributed by atoms with Gasteiger partial charge in [0.1, 0.15) is 9.71 Å². The Kier molecular flexibility index (Phi) is 4.36. The van der Waals surface area contributed by atoms with Crippen LogP contribution in [-0.4, -0.2) is 30.6 Å². The molecule has 0 unspecified atom stereocenters. The van der Waals surface area contributed by atoms with E-state index in [9.17, 15) is 4.79 Å². The van der Waals surface area contributed by atoms with Gasteiger partial charge in [0.05, 0.1) is 5.69 Å². The van der Waals surface area contributed by atoms with E-state index in [0.717, 1.165) is 29.2 Å². The molecule has 0 saturated heterocycles. The van der Waals surface area contributed by atoms with Crippen LogP contribution in [0.5, 0.6) is 0 Å². The lowest BCUT2D eigenvalue weighted by Crippen LogP contribution is -2.25. The molecule has 112 valence electrons. The standard InChI is InChI=1S/C15H19N3O2S/c16-12-11-3-1-6-18-15(11)21-13(12)14(19)17-7-2-8-20-9-10-4-5-10/h1,3,6,10H,2,4-5,7-9,16H2,(H,17,19). The molecule has 0 atom stereocenters. The number of nitrogen functional groups attached to an aromatic ring is 1. The highest BCUT2D eigenvalue weighted by molar-refractivity contribution is 7.21. The molecule has 2 heterocycles. The monoisotopic (exact) mass is 305 g/mol.